The molecule has 192 valence electrons. The molecular formula is C21H22IN4O9P. The number of aliphatic hydroxyl groups is 2. The van der Waals surface area contributed by atoms with Crippen molar-refractivity contribution in [3.8, 4) is 0 Å². The largest absolute Gasteiger partial charge is 0.583 e. The SMILES string of the molecule is COC(=O)C(Cc1c[nH]c2ccccc12)N=[P+]([O-])OC(O)C1OC(n2cc(I)c(=O)[nH]c2=O)CC1O. The number of aromatic nitrogens is 3. The molecule has 6 unspecified atom stereocenters. The topological polar surface area (TPSA) is 191 Å². The molecule has 4 N–H and O–H groups in total. The molecule has 1 fully saturated rings. The van der Waals surface area contributed by atoms with Crippen LogP contribution in [-0.4, -0.2) is 62.4 Å². The van der Waals surface area contributed by atoms with Gasteiger partial charge in [-0.05, 0) is 34.2 Å². The Morgan fingerprint density at radius 1 is 1.42 bits per heavy atom. The summed E-state index contributed by atoms with van der Waals surface area (Å²) in [7, 11) is -1.76. The lowest BCUT2D eigenvalue weighted by Gasteiger charge is -2.18. The number of esters is 1. The first-order chi connectivity index (χ1) is 17.2. The molecule has 4 rings (SSSR count). The highest BCUT2D eigenvalue weighted by Gasteiger charge is 2.42. The van der Waals surface area contributed by atoms with E-state index >= 15 is 0 Å². The molecule has 1 aliphatic heterocycles. The van der Waals surface area contributed by atoms with Crippen LogP contribution in [0.2, 0.25) is 0 Å². The summed E-state index contributed by atoms with van der Waals surface area (Å²) < 4.78 is 20.5. The molecule has 36 heavy (non-hydrogen) atoms. The number of methoxy groups -OCH3 is 1. The van der Waals surface area contributed by atoms with Gasteiger partial charge in [0, 0.05) is 36.1 Å². The van der Waals surface area contributed by atoms with Crippen molar-refractivity contribution >= 4 is 47.6 Å². The molecule has 3 heterocycles. The van der Waals surface area contributed by atoms with E-state index in [9.17, 15) is 29.5 Å². The second-order valence-electron chi connectivity index (χ2n) is 7.95. The molecule has 0 bridgehead atoms. The van der Waals surface area contributed by atoms with Crippen LogP contribution in [0.25, 0.3) is 10.9 Å². The van der Waals surface area contributed by atoms with Gasteiger partial charge in [-0.3, -0.25) is 14.3 Å². The Kier molecular flexibility index (Phi) is 8.34. The molecular weight excluding hydrogens is 610 g/mol. The average Bonchev–Trinajstić information content (AvgIpc) is 3.44. The molecule has 6 atom stereocenters. The highest BCUT2D eigenvalue weighted by atomic mass is 127. The average molecular weight is 632 g/mol. The van der Waals surface area contributed by atoms with Gasteiger partial charge in [0.2, 0.25) is 6.29 Å². The minimum absolute atomic E-state index is 0.0651. The van der Waals surface area contributed by atoms with Crippen molar-refractivity contribution in [2.24, 2.45) is 4.74 Å². The molecule has 13 nitrogen and oxygen atoms in total. The van der Waals surface area contributed by atoms with Crippen LogP contribution in [0.3, 0.4) is 0 Å². The molecule has 0 saturated carbocycles. The van der Waals surface area contributed by atoms with Crippen molar-refractivity contribution in [3.05, 3.63) is 66.6 Å². The number of nitrogens with zero attached hydrogens (tertiary/aromatic N) is 2. The number of fused-ring (bicyclic) bond motifs is 1. The number of benzene rings is 1. The van der Waals surface area contributed by atoms with Gasteiger partial charge in [-0.25, -0.2) is 9.59 Å². The lowest BCUT2D eigenvalue weighted by Crippen LogP contribution is -2.36. The third-order valence-corrected chi connectivity index (χ3v) is 7.28. The first kappa shape index (κ1) is 26.6. The van der Waals surface area contributed by atoms with Crippen molar-refractivity contribution < 1.29 is 33.9 Å². The number of halogens is 1. The lowest BCUT2D eigenvalue weighted by atomic mass is 10.1. The van der Waals surface area contributed by atoms with Gasteiger partial charge in [0.1, 0.15) is 12.3 Å². The van der Waals surface area contributed by atoms with E-state index in [1.165, 1.54) is 13.3 Å². The van der Waals surface area contributed by atoms with Gasteiger partial charge in [0.15, 0.2) is 6.04 Å². The van der Waals surface area contributed by atoms with Gasteiger partial charge in [-0.2, -0.15) is 0 Å². The van der Waals surface area contributed by atoms with Crippen LogP contribution in [0, 0.1) is 3.57 Å². The standard InChI is InChI=1S/C21H22IN4O9P/c1-33-19(29)14(6-10-8-23-13-5-3-2-4-11(10)13)25-36(32)35-20(30)17-15(27)7-16(34-17)26-9-12(22)18(28)24-21(26)31/h2-5,8-9,14-17,20,23,27,30H,6-7H2,1H3,(H,24,28,31). The number of carbonyl (C=O) groups is 1. The number of H-pyrrole nitrogens is 2. The Morgan fingerprint density at radius 3 is 2.92 bits per heavy atom. The van der Waals surface area contributed by atoms with Crippen LogP contribution in [-0.2, 0) is 25.2 Å². The predicted octanol–water partition coefficient (Wildman–Crippen LogP) is 0.246. The number of ether oxygens (including phenoxy) is 2. The van der Waals surface area contributed by atoms with E-state index in [4.69, 9.17) is 14.0 Å². The smallest absolute Gasteiger partial charge is 0.345 e. The number of nitrogens with one attached hydrogen (secondary N) is 2. The number of para-hydroxylation sites is 1. The van der Waals surface area contributed by atoms with Gasteiger partial charge in [-0.1, -0.05) is 22.9 Å². The minimum atomic E-state index is -2.94. The Hall–Kier alpha value is -2.46. The summed E-state index contributed by atoms with van der Waals surface area (Å²) in [5.41, 5.74) is 0.270. The summed E-state index contributed by atoms with van der Waals surface area (Å²) in [5.74, 6) is -0.744. The van der Waals surface area contributed by atoms with Crippen LogP contribution < -0.4 is 16.1 Å². The number of carbonyl (C=O) groups excluding carboxylic acids is 1. The quantitative estimate of drug-likeness (QED) is 0.117. The van der Waals surface area contributed by atoms with E-state index in [0.29, 0.717) is 0 Å². The predicted molar refractivity (Wildman–Crippen MR) is 133 cm³/mol. The maximum absolute atomic E-state index is 12.6. The highest BCUT2D eigenvalue weighted by Crippen LogP contribution is 2.33. The fraction of sp³-hybridized carbons (Fsp3) is 0.381. The fourth-order valence-corrected chi connectivity index (χ4v) is 5.09. The number of hydrogen-bond acceptors (Lipinski definition) is 10. The Labute approximate surface area is 217 Å². The summed E-state index contributed by atoms with van der Waals surface area (Å²) in [6, 6.07) is 6.24. The Bertz CT molecular complexity index is 1400. The van der Waals surface area contributed by atoms with Crippen LogP contribution in [0.15, 0.2) is 51.0 Å². The van der Waals surface area contributed by atoms with Gasteiger partial charge >= 0.3 is 19.8 Å². The van der Waals surface area contributed by atoms with Crippen molar-refractivity contribution in [3.63, 3.8) is 0 Å². The molecule has 15 heteroatoms. The van der Waals surface area contributed by atoms with E-state index in [0.717, 1.165) is 21.0 Å². The maximum atomic E-state index is 12.6. The first-order valence-corrected chi connectivity index (χ1v) is 12.9. The number of aliphatic hydroxyl groups excluding tert-OH is 2. The third-order valence-electron chi connectivity index (χ3n) is 5.65. The number of hydrogen-bond donors (Lipinski definition) is 4. The van der Waals surface area contributed by atoms with Crippen molar-refractivity contribution in [1.82, 2.24) is 14.5 Å². The van der Waals surface area contributed by atoms with Gasteiger partial charge < -0.3 is 29.6 Å². The van der Waals surface area contributed by atoms with E-state index in [-0.39, 0.29) is 16.4 Å². The fourth-order valence-electron chi connectivity index (χ4n) is 3.89. The van der Waals surface area contributed by atoms with Crippen molar-refractivity contribution in [2.45, 2.75) is 43.6 Å². The molecule has 1 aliphatic rings. The third kappa shape index (κ3) is 5.75. The molecule has 0 spiro atoms. The van der Waals surface area contributed by atoms with Crippen LogP contribution in [0.1, 0.15) is 18.2 Å². The Morgan fingerprint density at radius 2 is 2.17 bits per heavy atom. The van der Waals surface area contributed by atoms with Crippen LogP contribution in [0.5, 0.6) is 0 Å². The van der Waals surface area contributed by atoms with E-state index in [2.05, 4.69) is 14.7 Å². The summed E-state index contributed by atoms with van der Waals surface area (Å²) >= 11 is 1.74. The molecule has 2 aromatic heterocycles. The van der Waals surface area contributed by atoms with E-state index < -0.39 is 56.2 Å². The highest BCUT2D eigenvalue weighted by molar-refractivity contribution is 14.1. The summed E-state index contributed by atoms with van der Waals surface area (Å²) in [6.45, 7) is 0. The molecule has 1 saturated heterocycles. The zero-order valence-corrected chi connectivity index (χ0v) is 21.8. The molecule has 0 radical (unpaired) electrons. The lowest BCUT2D eigenvalue weighted by molar-refractivity contribution is -0.211. The second-order valence-corrected chi connectivity index (χ2v) is 10.0. The van der Waals surface area contributed by atoms with Crippen LogP contribution >= 0.6 is 30.8 Å². The van der Waals surface area contributed by atoms with E-state index in [1.807, 2.05) is 24.3 Å². The summed E-state index contributed by atoms with van der Waals surface area (Å²) in [4.78, 5) is 53.8. The monoisotopic (exact) mass is 632 g/mol. The number of aromatic amines is 2. The van der Waals surface area contributed by atoms with Crippen LogP contribution in [0.4, 0.5) is 0 Å². The summed E-state index contributed by atoms with van der Waals surface area (Å²) in [5, 5.41) is 21.6. The van der Waals surface area contributed by atoms with Crippen molar-refractivity contribution in [2.75, 3.05) is 7.11 Å². The molecule has 3 aromatic rings. The van der Waals surface area contributed by atoms with Gasteiger partial charge in [0.05, 0.1) is 16.8 Å². The number of rotatable bonds is 8. The minimum Gasteiger partial charge on any atom is -0.583 e. The maximum Gasteiger partial charge on any atom is 0.345 e. The molecule has 1 aromatic carbocycles. The summed E-state index contributed by atoms with van der Waals surface area (Å²) in [6.07, 6.45) is -2.62. The van der Waals surface area contributed by atoms with Crippen molar-refractivity contribution in [1.29, 1.82) is 0 Å². The normalized spacial score (nSPS) is 22.0. The van der Waals surface area contributed by atoms with E-state index in [1.54, 1.807) is 28.8 Å². The second kappa shape index (κ2) is 11.3. The Balaban J connectivity index is 1.47. The molecule has 0 amide bonds. The van der Waals surface area contributed by atoms with Gasteiger partial charge in [-0.15, -0.1) is 4.52 Å². The van der Waals surface area contributed by atoms with Gasteiger partial charge in [0.25, 0.3) is 5.56 Å². The zero-order chi connectivity index (χ0) is 26.0. The molecule has 0 aliphatic carbocycles. The zero-order valence-electron chi connectivity index (χ0n) is 18.7. The first-order valence-electron chi connectivity index (χ1n) is 10.7.